The van der Waals surface area contributed by atoms with Crippen LogP contribution in [0, 0.1) is 11.3 Å². The minimum absolute atomic E-state index is 0.684. The molecule has 1 aromatic carbocycles. The van der Waals surface area contributed by atoms with E-state index in [1.807, 2.05) is 97.9 Å². The molecule has 1 heteroatoms. The van der Waals surface area contributed by atoms with Crippen molar-refractivity contribution >= 4 is 5.57 Å². The van der Waals surface area contributed by atoms with Gasteiger partial charge in [-0.1, -0.05) is 78.5 Å². The Hall–Kier alpha value is -2.07. The standard InChI is InChI=1S/C15H15N.3C2H6/c1-4-5-12(2)10-13(3)15-8-6-14(11-16)7-9-15;3*1-2/h4-10H,2H2,1,3H3;3*1-2H3/b5-4-,13-10+;;;. The lowest BCUT2D eigenvalue weighted by Crippen LogP contribution is -1.81. The minimum Gasteiger partial charge on any atom is -0.192 e. The maximum absolute atomic E-state index is 8.69. The molecule has 1 nitrogen and oxygen atoms in total. The van der Waals surface area contributed by atoms with Crippen LogP contribution in [0.4, 0.5) is 0 Å². The van der Waals surface area contributed by atoms with E-state index in [-0.39, 0.29) is 0 Å². The second-order valence-electron chi connectivity index (χ2n) is 3.59. The number of hydrogen-bond acceptors (Lipinski definition) is 1. The second-order valence-corrected chi connectivity index (χ2v) is 3.59. The highest BCUT2D eigenvalue weighted by Gasteiger charge is 1.96. The van der Waals surface area contributed by atoms with Crippen molar-refractivity contribution in [2.24, 2.45) is 0 Å². The van der Waals surface area contributed by atoms with E-state index in [0.717, 1.165) is 16.7 Å². The van der Waals surface area contributed by atoms with Crippen LogP contribution >= 0.6 is 0 Å². The summed E-state index contributed by atoms with van der Waals surface area (Å²) in [6, 6.07) is 9.66. The van der Waals surface area contributed by atoms with Gasteiger partial charge in [0.15, 0.2) is 0 Å². The number of allylic oxidation sites excluding steroid dienone is 5. The van der Waals surface area contributed by atoms with Crippen molar-refractivity contribution in [1.82, 2.24) is 0 Å². The van der Waals surface area contributed by atoms with Gasteiger partial charge in [0, 0.05) is 0 Å². The fourth-order valence-corrected chi connectivity index (χ4v) is 1.43. The zero-order valence-corrected chi connectivity index (χ0v) is 15.7. The minimum atomic E-state index is 0.684. The smallest absolute Gasteiger partial charge is 0.0991 e. The molecule has 0 radical (unpaired) electrons. The first-order chi connectivity index (χ1) is 10.7. The van der Waals surface area contributed by atoms with Crippen molar-refractivity contribution < 1.29 is 0 Å². The van der Waals surface area contributed by atoms with E-state index in [4.69, 9.17) is 5.26 Å². The predicted octanol–water partition coefficient (Wildman–Crippen LogP) is 7.17. The molecule has 0 bridgehead atoms. The van der Waals surface area contributed by atoms with Crippen LogP contribution < -0.4 is 0 Å². The van der Waals surface area contributed by atoms with Gasteiger partial charge >= 0.3 is 0 Å². The van der Waals surface area contributed by atoms with Crippen LogP contribution in [-0.2, 0) is 0 Å². The maximum atomic E-state index is 8.69. The Labute approximate surface area is 138 Å². The molecule has 0 amide bonds. The van der Waals surface area contributed by atoms with E-state index in [9.17, 15) is 0 Å². The van der Waals surface area contributed by atoms with Gasteiger partial charge in [0.25, 0.3) is 0 Å². The molecule has 0 fully saturated rings. The lowest BCUT2D eigenvalue weighted by molar-refractivity contribution is 1.47. The first kappa shape index (κ1) is 24.9. The fraction of sp³-hybridized carbons (Fsp3) is 0.381. The fourth-order valence-electron chi connectivity index (χ4n) is 1.43. The molecule has 0 saturated heterocycles. The highest BCUT2D eigenvalue weighted by Crippen LogP contribution is 2.16. The van der Waals surface area contributed by atoms with Crippen LogP contribution in [0.1, 0.15) is 66.5 Å². The summed E-state index contributed by atoms with van der Waals surface area (Å²) in [5, 5.41) is 8.69. The Bertz CT molecular complexity index is 468. The van der Waals surface area contributed by atoms with Crippen LogP contribution in [-0.4, -0.2) is 0 Å². The third-order valence-corrected chi connectivity index (χ3v) is 2.25. The maximum Gasteiger partial charge on any atom is 0.0991 e. The van der Waals surface area contributed by atoms with Crippen LogP contribution in [0.25, 0.3) is 5.57 Å². The summed E-state index contributed by atoms with van der Waals surface area (Å²) < 4.78 is 0. The molecule has 22 heavy (non-hydrogen) atoms. The molecule has 0 heterocycles. The molecule has 0 aliphatic heterocycles. The number of rotatable bonds is 3. The second kappa shape index (κ2) is 18.9. The largest absolute Gasteiger partial charge is 0.192 e. The van der Waals surface area contributed by atoms with Crippen molar-refractivity contribution in [2.75, 3.05) is 0 Å². The quantitative estimate of drug-likeness (QED) is 0.542. The van der Waals surface area contributed by atoms with E-state index in [1.165, 1.54) is 0 Å². The zero-order valence-electron chi connectivity index (χ0n) is 15.7. The Morgan fingerprint density at radius 1 is 1.00 bits per heavy atom. The van der Waals surface area contributed by atoms with Gasteiger partial charge in [-0.25, -0.2) is 0 Å². The van der Waals surface area contributed by atoms with Crippen LogP contribution in [0.3, 0.4) is 0 Å². The Morgan fingerprint density at radius 3 is 1.82 bits per heavy atom. The van der Waals surface area contributed by atoms with E-state index < -0.39 is 0 Å². The molecule has 0 saturated carbocycles. The summed E-state index contributed by atoms with van der Waals surface area (Å²) in [6.45, 7) is 19.9. The van der Waals surface area contributed by atoms with Crippen molar-refractivity contribution in [1.29, 1.82) is 5.26 Å². The summed E-state index contributed by atoms with van der Waals surface area (Å²) in [6.07, 6.45) is 5.96. The molecule has 1 rings (SSSR count). The average Bonchev–Trinajstić information content (AvgIpc) is 2.60. The van der Waals surface area contributed by atoms with Crippen molar-refractivity contribution in [2.45, 2.75) is 55.4 Å². The molecular formula is C21H33N. The molecule has 0 spiro atoms. The Balaban J connectivity index is -0.000000535. The summed E-state index contributed by atoms with van der Waals surface area (Å²) in [7, 11) is 0. The van der Waals surface area contributed by atoms with Gasteiger partial charge in [0.05, 0.1) is 11.6 Å². The van der Waals surface area contributed by atoms with Crippen molar-refractivity contribution in [3.63, 3.8) is 0 Å². The van der Waals surface area contributed by atoms with E-state index in [1.54, 1.807) is 0 Å². The number of nitrogens with zero attached hydrogens (tertiary/aromatic N) is 1. The highest BCUT2D eigenvalue weighted by molar-refractivity contribution is 5.67. The monoisotopic (exact) mass is 299 g/mol. The summed E-state index contributed by atoms with van der Waals surface area (Å²) >= 11 is 0. The molecule has 0 atom stereocenters. The van der Waals surface area contributed by atoms with Gasteiger partial charge in [0.2, 0.25) is 0 Å². The number of benzene rings is 1. The SMILES string of the molecule is C=C(/C=C\C)/C=C(\C)c1ccc(C#N)cc1.CC.CC.CC. The number of hydrogen-bond donors (Lipinski definition) is 0. The lowest BCUT2D eigenvalue weighted by Gasteiger charge is -2.01. The molecule has 0 aliphatic rings. The molecular weight excluding hydrogens is 266 g/mol. The first-order valence-corrected chi connectivity index (χ1v) is 8.18. The zero-order chi connectivity index (χ0) is 18.0. The Kier molecular flexibility index (Phi) is 21.4. The van der Waals surface area contributed by atoms with E-state index in [2.05, 4.69) is 12.6 Å². The molecule has 122 valence electrons. The van der Waals surface area contributed by atoms with Gasteiger partial charge in [-0.05, 0) is 42.7 Å². The van der Waals surface area contributed by atoms with Gasteiger partial charge in [0.1, 0.15) is 0 Å². The van der Waals surface area contributed by atoms with Gasteiger partial charge in [-0.15, -0.1) is 0 Å². The number of nitriles is 1. The average molecular weight is 300 g/mol. The third kappa shape index (κ3) is 11.7. The molecule has 0 aromatic heterocycles. The topological polar surface area (TPSA) is 23.8 Å². The molecule has 1 aromatic rings. The van der Waals surface area contributed by atoms with E-state index >= 15 is 0 Å². The summed E-state index contributed by atoms with van der Waals surface area (Å²) in [5.41, 5.74) is 3.92. The predicted molar refractivity (Wildman–Crippen MR) is 103 cm³/mol. The first-order valence-electron chi connectivity index (χ1n) is 8.18. The third-order valence-electron chi connectivity index (χ3n) is 2.25. The Morgan fingerprint density at radius 2 is 1.45 bits per heavy atom. The van der Waals surface area contributed by atoms with Crippen LogP contribution in [0.15, 0.2) is 54.6 Å². The summed E-state index contributed by atoms with van der Waals surface area (Å²) in [5.74, 6) is 0. The molecule has 0 N–H and O–H groups in total. The van der Waals surface area contributed by atoms with Crippen LogP contribution in [0.5, 0.6) is 0 Å². The lowest BCUT2D eigenvalue weighted by atomic mass is 10.0. The highest BCUT2D eigenvalue weighted by atomic mass is 14.2. The van der Waals surface area contributed by atoms with Crippen LogP contribution in [0.2, 0.25) is 0 Å². The molecule has 0 aliphatic carbocycles. The van der Waals surface area contributed by atoms with Crippen molar-refractivity contribution in [3.05, 3.63) is 65.8 Å². The van der Waals surface area contributed by atoms with Gasteiger partial charge in [-0.3, -0.25) is 0 Å². The van der Waals surface area contributed by atoms with Gasteiger partial charge < -0.3 is 0 Å². The van der Waals surface area contributed by atoms with Gasteiger partial charge in [-0.2, -0.15) is 5.26 Å². The van der Waals surface area contributed by atoms with Crippen molar-refractivity contribution in [3.8, 4) is 6.07 Å². The summed E-state index contributed by atoms with van der Waals surface area (Å²) in [4.78, 5) is 0. The molecule has 0 unspecified atom stereocenters. The van der Waals surface area contributed by atoms with E-state index in [0.29, 0.717) is 5.56 Å². The normalized spacial score (nSPS) is 9.14.